The van der Waals surface area contributed by atoms with E-state index >= 15 is 0 Å². The predicted molar refractivity (Wildman–Crippen MR) is 86.2 cm³/mol. The summed E-state index contributed by atoms with van der Waals surface area (Å²) in [5.41, 5.74) is 4.58. The molecule has 0 bridgehead atoms. The zero-order chi connectivity index (χ0) is 15.4. The Morgan fingerprint density at radius 3 is 1.90 bits per heavy atom. The Hall–Kier alpha value is -2.97. The van der Waals surface area contributed by atoms with Gasteiger partial charge in [0.1, 0.15) is 0 Å². The number of anilines is 1. The zero-order valence-corrected chi connectivity index (χ0v) is 12.0. The Labute approximate surface area is 125 Å². The summed E-state index contributed by atoms with van der Waals surface area (Å²) in [6.07, 6.45) is 10.8. The Morgan fingerprint density at radius 1 is 0.905 bits per heavy atom. The SMILES string of the molecule is C#Cc1cc(C#C)cc(NC(=O)c2cc(C)cc(C)c2)c1. The van der Waals surface area contributed by atoms with Crippen molar-refractivity contribution in [3.05, 3.63) is 64.2 Å². The van der Waals surface area contributed by atoms with Crippen LogP contribution in [0.5, 0.6) is 0 Å². The smallest absolute Gasteiger partial charge is 0.255 e. The van der Waals surface area contributed by atoms with Gasteiger partial charge in [0, 0.05) is 22.4 Å². The normalized spacial score (nSPS) is 9.52. The molecule has 2 aromatic carbocycles. The average molecular weight is 273 g/mol. The van der Waals surface area contributed by atoms with Gasteiger partial charge in [-0.1, -0.05) is 29.0 Å². The molecule has 0 atom stereocenters. The van der Waals surface area contributed by atoms with Gasteiger partial charge in [-0.25, -0.2) is 0 Å². The van der Waals surface area contributed by atoms with Crippen LogP contribution in [0, 0.1) is 38.5 Å². The molecule has 0 fully saturated rings. The highest BCUT2D eigenvalue weighted by Crippen LogP contribution is 2.16. The number of hydrogen-bond donors (Lipinski definition) is 1. The number of carbonyl (C=O) groups is 1. The lowest BCUT2D eigenvalue weighted by Gasteiger charge is -2.08. The molecule has 0 aromatic heterocycles. The molecule has 0 unspecified atom stereocenters. The van der Waals surface area contributed by atoms with Crippen molar-refractivity contribution in [1.82, 2.24) is 0 Å². The highest BCUT2D eigenvalue weighted by Gasteiger charge is 2.08. The summed E-state index contributed by atoms with van der Waals surface area (Å²) in [5.74, 6) is 4.87. The van der Waals surface area contributed by atoms with E-state index in [0.717, 1.165) is 11.1 Å². The van der Waals surface area contributed by atoms with Crippen LogP contribution in [-0.4, -0.2) is 5.91 Å². The molecule has 0 saturated heterocycles. The number of amides is 1. The standard InChI is InChI=1S/C19H15NO/c1-5-15-10-16(6-2)12-18(11-15)20-19(21)17-8-13(3)7-14(4)9-17/h1-2,7-12H,3-4H3,(H,20,21). The van der Waals surface area contributed by atoms with Gasteiger partial charge in [-0.3, -0.25) is 4.79 Å². The zero-order valence-electron chi connectivity index (χ0n) is 12.0. The van der Waals surface area contributed by atoms with Gasteiger partial charge in [0.25, 0.3) is 5.91 Å². The minimum atomic E-state index is -0.182. The van der Waals surface area contributed by atoms with E-state index in [1.165, 1.54) is 0 Å². The van der Waals surface area contributed by atoms with Crippen LogP contribution in [0.15, 0.2) is 36.4 Å². The average Bonchev–Trinajstić information content (AvgIpc) is 2.45. The lowest BCUT2D eigenvalue weighted by Crippen LogP contribution is -2.12. The van der Waals surface area contributed by atoms with E-state index in [1.54, 1.807) is 18.2 Å². The minimum absolute atomic E-state index is 0.182. The molecule has 0 heterocycles. The van der Waals surface area contributed by atoms with Crippen LogP contribution in [-0.2, 0) is 0 Å². The van der Waals surface area contributed by atoms with Gasteiger partial charge in [-0.2, -0.15) is 0 Å². The van der Waals surface area contributed by atoms with E-state index in [0.29, 0.717) is 22.4 Å². The number of nitrogens with one attached hydrogen (secondary N) is 1. The summed E-state index contributed by atoms with van der Waals surface area (Å²) in [7, 11) is 0. The van der Waals surface area contributed by atoms with Gasteiger partial charge < -0.3 is 5.32 Å². The molecule has 1 amide bonds. The third kappa shape index (κ3) is 3.53. The third-order valence-electron chi connectivity index (χ3n) is 3.01. The summed E-state index contributed by atoms with van der Waals surface area (Å²) in [6, 6.07) is 10.9. The Bertz CT molecular complexity index is 736. The summed E-state index contributed by atoms with van der Waals surface area (Å²) in [5, 5.41) is 2.83. The molecule has 0 spiro atoms. The monoisotopic (exact) mass is 273 g/mol. The second kappa shape index (κ2) is 5.99. The molecule has 0 aliphatic carbocycles. The molecule has 0 radical (unpaired) electrons. The molecule has 1 N–H and O–H groups in total. The first-order valence-electron chi connectivity index (χ1n) is 6.50. The maximum absolute atomic E-state index is 12.3. The number of terminal acetylenes is 2. The van der Waals surface area contributed by atoms with Crippen molar-refractivity contribution in [3.8, 4) is 24.7 Å². The van der Waals surface area contributed by atoms with Crippen LogP contribution < -0.4 is 5.32 Å². The van der Waals surface area contributed by atoms with Crippen molar-refractivity contribution >= 4 is 11.6 Å². The molecule has 0 aliphatic rings. The van der Waals surface area contributed by atoms with Gasteiger partial charge >= 0.3 is 0 Å². The van der Waals surface area contributed by atoms with Gasteiger partial charge in [0.2, 0.25) is 0 Å². The first-order valence-corrected chi connectivity index (χ1v) is 6.50. The van der Waals surface area contributed by atoms with E-state index in [2.05, 4.69) is 17.2 Å². The highest BCUT2D eigenvalue weighted by atomic mass is 16.1. The molecule has 0 aliphatic heterocycles. The van der Waals surface area contributed by atoms with Crippen LogP contribution in [0.25, 0.3) is 0 Å². The molecule has 2 rings (SSSR count). The topological polar surface area (TPSA) is 29.1 Å². The number of benzene rings is 2. The lowest BCUT2D eigenvalue weighted by atomic mass is 10.1. The number of carbonyl (C=O) groups excluding carboxylic acids is 1. The molecular formula is C19H15NO. The van der Waals surface area contributed by atoms with E-state index in [1.807, 2.05) is 32.0 Å². The van der Waals surface area contributed by atoms with Crippen LogP contribution in [0.1, 0.15) is 32.6 Å². The fraction of sp³-hybridized carbons (Fsp3) is 0.105. The van der Waals surface area contributed by atoms with Crippen molar-refractivity contribution < 1.29 is 4.79 Å². The van der Waals surface area contributed by atoms with Gasteiger partial charge in [0.05, 0.1) is 0 Å². The molecule has 0 saturated carbocycles. The van der Waals surface area contributed by atoms with Crippen molar-refractivity contribution in [2.24, 2.45) is 0 Å². The van der Waals surface area contributed by atoms with E-state index < -0.39 is 0 Å². The number of aryl methyl sites for hydroxylation is 2. The second-order valence-electron chi connectivity index (χ2n) is 4.92. The van der Waals surface area contributed by atoms with Gasteiger partial charge in [-0.05, 0) is 44.2 Å². The van der Waals surface area contributed by atoms with Gasteiger partial charge in [0.15, 0.2) is 0 Å². The molecular weight excluding hydrogens is 258 g/mol. The maximum Gasteiger partial charge on any atom is 0.255 e. The highest BCUT2D eigenvalue weighted by molar-refractivity contribution is 6.04. The fourth-order valence-corrected chi connectivity index (χ4v) is 2.18. The van der Waals surface area contributed by atoms with Crippen LogP contribution in [0.2, 0.25) is 0 Å². The maximum atomic E-state index is 12.3. The van der Waals surface area contributed by atoms with Crippen molar-refractivity contribution in [1.29, 1.82) is 0 Å². The second-order valence-corrected chi connectivity index (χ2v) is 4.92. The summed E-state index contributed by atoms with van der Waals surface area (Å²) in [6.45, 7) is 3.92. The summed E-state index contributed by atoms with van der Waals surface area (Å²) in [4.78, 5) is 12.3. The fourth-order valence-electron chi connectivity index (χ4n) is 2.18. The molecule has 102 valence electrons. The number of hydrogen-bond acceptors (Lipinski definition) is 1. The molecule has 2 heteroatoms. The van der Waals surface area contributed by atoms with Crippen molar-refractivity contribution in [3.63, 3.8) is 0 Å². The van der Waals surface area contributed by atoms with Crippen molar-refractivity contribution in [2.75, 3.05) is 5.32 Å². The predicted octanol–water partition coefficient (Wildman–Crippen LogP) is 3.52. The largest absolute Gasteiger partial charge is 0.322 e. The van der Waals surface area contributed by atoms with E-state index in [9.17, 15) is 4.79 Å². The first-order chi connectivity index (χ1) is 10.0. The van der Waals surface area contributed by atoms with E-state index in [4.69, 9.17) is 12.8 Å². The van der Waals surface area contributed by atoms with Crippen LogP contribution in [0.3, 0.4) is 0 Å². The first kappa shape index (κ1) is 14.4. The minimum Gasteiger partial charge on any atom is -0.322 e. The van der Waals surface area contributed by atoms with Crippen LogP contribution in [0.4, 0.5) is 5.69 Å². The Balaban J connectivity index is 2.32. The van der Waals surface area contributed by atoms with Crippen LogP contribution >= 0.6 is 0 Å². The third-order valence-corrected chi connectivity index (χ3v) is 3.01. The van der Waals surface area contributed by atoms with Gasteiger partial charge in [-0.15, -0.1) is 12.8 Å². The number of rotatable bonds is 2. The Kier molecular flexibility index (Phi) is 4.12. The van der Waals surface area contributed by atoms with Crippen molar-refractivity contribution in [2.45, 2.75) is 13.8 Å². The molecule has 2 aromatic rings. The van der Waals surface area contributed by atoms with E-state index in [-0.39, 0.29) is 5.91 Å². The lowest BCUT2D eigenvalue weighted by molar-refractivity contribution is 0.102. The molecule has 2 nitrogen and oxygen atoms in total. The Morgan fingerprint density at radius 2 is 1.43 bits per heavy atom. The quantitative estimate of drug-likeness (QED) is 0.833. The summed E-state index contributed by atoms with van der Waals surface area (Å²) < 4.78 is 0. The summed E-state index contributed by atoms with van der Waals surface area (Å²) >= 11 is 0. The molecule has 21 heavy (non-hydrogen) atoms.